The first kappa shape index (κ1) is 19.4. The van der Waals surface area contributed by atoms with Crippen molar-refractivity contribution in [1.29, 1.82) is 0 Å². The summed E-state index contributed by atoms with van der Waals surface area (Å²) in [5, 5.41) is 3.97. The summed E-state index contributed by atoms with van der Waals surface area (Å²) in [5.41, 5.74) is 2.23. The van der Waals surface area contributed by atoms with Crippen molar-refractivity contribution in [3.8, 4) is 11.5 Å². The number of aromatic nitrogens is 1. The maximum absolute atomic E-state index is 12.9. The molecular weight excluding hydrogens is 396 g/mol. The molecule has 2 amide bonds. The molecule has 0 aliphatic carbocycles. The minimum Gasteiger partial charge on any atom is -0.454 e. The number of H-pyrrole nitrogens is 1. The van der Waals surface area contributed by atoms with Gasteiger partial charge in [0.1, 0.15) is 5.69 Å². The molecule has 2 aliphatic heterocycles. The maximum atomic E-state index is 12.9. The predicted molar refractivity (Wildman–Crippen MR) is 116 cm³/mol. The van der Waals surface area contributed by atoms with Gasteiger partial charge in [0.05, 0.1) is 6.04 Å². The topological polar surface area (TPSA) is 86.9 Å². The summed E-state index contributed by atoms with van der Waals surface area (Å²) >= 11 is 0. The quantitative estimate of drug-likeness (QED) is 0.678. The van der Waals surface area contributed by atoms with Gasteiger partial charge in [-0.2, -0.15) is 0 Å². The molecule has 0 spiro atoms. The van der Waals surface area contributed by atoms with Crippen LogP contribution >= 0.6 is 0 Å². The molecule has 0 bridgehead atoms. The lowest BCUT2D eigenvalue weighted by Crippen LogP contribution is -2.54. The number of piperazine rings is 1. The number of fused-ring (bicyclic) bond motifs is 2. The van der Waals surface area contributed by atoms with Gasteiger partial charge in [0, 0.05) is 48.8 Å². The van der Waals surface area contributed by atoms with E-state index in [1.54, 1.807) is 18.2 Å². The zero-order chi connectivity index (χ0) is 21.4. The lowest BCUT2D eigenvalue weighted by molar-refractivity contribution is -0.121. The lowest BCUT2D eigenvalue weighted by atomic mass is 10.2. The smallest absolute Gasteiger partial charge is 0.270 e. The first-order valence-corrected chi connectivity index (χ1v) is 10.4. The molecule has 3 aromatic rings. The van der Waals surface area contributed by atoms with Crippen molar-refractivity contribution in [2.45, 2.75) is 13.0 Å². The monoisotopic (exact) mass is 420 g/mol. The number of carbonyl (C=O) groups excluding carboxylic acids is 2. The van der Waals surface area contributed by atoms with E-state index in [1.807, 2.05) is 42.2 Å². The van der Waals surface area contributed by atoms with E-state index in [0.717, 1.165) is 10.9 Å². The molecule has 5 rings (SSSR count). The minimum absolute atomic E-state index is 0.00619. The molecule has 0 saturated carbocycles. The number of aromatic amines is 1. The van der Waals surface area contributed by atoms with Crippen LogP contribution in [-0.2, 0) is 4.79 Å². The Kier molecular flexibility index (Phi) is 4.99. The number of benzene rings is 2. The Labute approximate surface area is 179 Å². The van der Waals surface area contributed by atoms with E-state index in [1.165, 1.54) is 0 Å². The van der Waals surface area contributed by atoms with Gasteiger partial charge in [-0.05, 0) is 31.2 Å². The van der Waals surface area contributed by atoms with Gasteiger partial charge < -0.3 is 24.7 Å². The van der Waals surface area contributed by atoms with Gasteiger partial charge in [0.15, 0.2) is 11.5 Å². The van der Waals surface area contributed by atoms with Crippen molar-refractivity contribution < 1.29 is 19.1 Å². The summed E-state index contributed by atoms with van der Waals surface area (Å²) in [6.07, 6.45) is 0. The highest BCUT2D eigenvalue weighted by Crippen LogP contribution is 2.34. The van der Waals surface area contributed by atoms with E-state index < -0.39 is 0 Å². The van der Waals surface area contributed by atoms with Gasteiger partial charge in [0.25, 0.3) is 5.91 Å². The summed E-state index contributed by atoms with van der Waals surface area (Å²) in [4.78, 5) is 32.8. The number of rotatable bonds is 4. The standard InChI is InChI=1S/C23H24N4O4/c1-15(22(28)24-17-6-7-20-21(13-17)31-14-30-20)26-8-10-27(11-9-26)23(29)19-12-16-4-2-3-5-18(16)25-19/h2-7,12-13,15,25H,8-11,14H2,1H3,(H,24,28). The molecule has 1 fully saturated rings. The molecule has 160 valence electrons. The Balaban J connectivity index is 1.17. The second-order valence-electron chi connectivity index (χ2n) is 7.83. The fourth-order valence-electron chi connectivity index (χ4n) is 4.06. The number of nitrogens with zero attached hydrogens (tertiary/aromatic N) is 2. The highest BCUT2D eigenvalue weighted by atomic mass is 16.7. The predicted octanol–water partition coefficient (Wildman–Crippen LogP) is 2.68. The summed E-state index contributed by atoms with van der Waals surface area (Å²) in [5.74, 6) is 1.22. The van der Waals surface area contributed by atoms with Crippen LogP contribution in [0.2, 0.25) is 0 Å². The number of anilines is 1. The molecule has 1 aromatic heterocycles. The number of para-hydroxylation sites is 1. The number of nitrogens with one attached hydrogen (secondary N) is 2. The molecule has 2 N–H and O–H groups in total. The van der Waals surface area contributed by atoms with Crippen LogP contribution in [0.15, 0.2) is 48.5 Å². The van der Waals surface area contributed by atoms with Crippen molar-refractivity contribution in [2.24, 2.45) is 0 Å². The molecule has 1 unspecified atom stereocenters. The average molecular weight is 420 g/mol. The molecule has 8 nitrogen and oxygen atoms in total. The van der Waals surface area contributed by atoms with Gasteiger partial charge in [-0.15, -0.1) is 0 Å². The van der Waals surface area contributed by atoms with Gasteiger partial charge >= 0.3 is 0 Å². The Morgan fingerprint density at radius 2 is 1.77 bits per heavy atom. The third kappa shape index (κ3) is 3.82. The van der Waals surface area contributed by atoms with Crippen LogP contribution in [0.3, 0.4) is 0 Å². The summed E-state index contributed by atoms with van der Waals surface area (Å²) < 4.78 is 10.7. The van der Waals surface area contributed by atoms with E-state index in [2.05, 4.69) is 15.2 Å². The normalized spacial score (nSPS) is 17.0. The van der Waals surface area contributed by atoms with Crippen molar-refractivity contribution >= 4 is 28.4 Å². The van der Waals surface area contributed by atoms with E-state index in [4.69, 9.17) is 9.47 Å². The third-order valence-corrected chi connectivity index (χ3v) is 5.93. The highest BCUT2D eigenvalue weighted by molar-refractivity contribution is 5.98. The Morgan fingerprint density at radius 3 is 2.58 bits per heavy atom. The Morgan fingerprint density at radius 1 is 1.00 bits per heavy atom. The van der Waals surface area contributed by atoms with Crippen LogP contribution in [0, 0.1) is 0 Å². The summed E-state index contributed by atoms with van der Waals surface area (Å²) in [6.45, 7) is 4.53. The van der Waals surface area contributed by atoms with Crippen molar-refractivity contribution in [2.75, 3.05) is 38.3 Å². The van der Waals surface area contributed by atoms with Crippen molar-refractivity contribution in [3.05, 3.63) is 54.2 Å². The van der Waals surface area contributed by atoms with Crippen LogP contribution < -0.4 is 14.8 Å². The second kappa shape index (κ2) is 7.96. The molecule has 3 heterocycles. The molecular formula is C23H24N4O4. The largest absolute Gasteiger partial charge is 0.454 e. The number of hydrogen-bond donors (Lipinski definition) is 2. The number of ether oxygens (including phenoxy) is 2. The first-order valence-electron chi connectivity index (χ1n) is 10.4. The molecule has 2 aliphatic rings. The van der Waals surface area contributed by atoms with Crippen molar-refractivity contribution in [3.63, 3.8) is 0 Å². The van der Waals surface area contributed by atoms with E-state index in [0.29, 0.717) is 49.1 Å². The van der Waals surface area contributed by atoms with Gasteiger partial charge in [-0.1, -0.05) is 18.2 Å². The van der Waals surface area contributed by atoms with E-state index >= 15 is 0 Å². The minimum atomic E-state index is -0.309. The zero-order valence-corrected chi connectivity index (χ0v) is 17.3. The average Bonchev–Trinajstić information content (AvgIpc) is 3.44. The fourth-order valence-corrected chi connectivity index (χ4v) is 4.06. The van der Waals surface area contributed by atoms with Crippen LogP contribution in [0.1, 0.15) is 17.4 Å². The van der Waals surface area contributed by atoms with Crippen LogP contribution in [0.25, 0.3) is 10.9 Å². The lowest BCUT2D eigenvalue weighted by Gasteiger charge is -2.37. The highest BCUT2D eigenvalue weighted by Gasteiger charge is 2.28. The van der Waals surface area contributed by atoms with Crippen LogP contribution in [-0.4, -0.2) is 65.6 Å². The zero-order valence-electron chi connectivity index (χ0n) is 17.3. The van der Waals surface area contributed by atoms with E-state index in [-0.39, 0.29) is 24.6 Å². The van der Waals surface area contributed by atoms with Crippen molar-refractivity contribution in [1.82, 2.24) is 14.8 Å². The van der Waals surface area contributed by atoms with Gasteiger partial charge in [-0.25, -0.2) is 0 Å². The van der Waals surface area contributed by atoms with Crippen LogP contribution in [0.5, 0.6) is 11.5 Å². The molecule has 0 radical (unpaired) electrons. The molecule has 31 heavy (non-hydrogen) atoms. The van der Waals surface area contributed by atoms with Crippen LogP contribution in [0.4, 0.5) is 5.69 Å². The second-order valence-corrected chi connectivity index (χ2v) is 7.83. The summed E-state index contributed by atoms with van der Waals surface area (Å²) in [6, 6.07) is 14.8. The Bertz CT molecular complexity index is 1100. The maximum Gasteiger partial charge on any atom is 0.270 e. The third-order valence-electron chi connectivity index (χ3n) is 5.93. The Hall–Kier alpha value is -3.52. The molecule has 1 saturated heterocycles. The number of hydrogen-bond acceptors (Lipinski definition) is 5. The fraction of sp³-hybridized carbons (Fsp3) is 0.304. The summed E-state index contributed by atoms with van der Waals surface area (Å²) in [7, 11) is 0. The molecule has 8 heteroatoms. The molecule has 2 aromatic carbocycles. The SMILES string of the molecule is CC(C(=O)Nc1ccc2c(c1)OCO2)N1CCN(C(=O)c2cc3ccccc3[nH]2)CC1. The van der Waals surface area contributed by atoms with E-state index in [9.17, 15) is 9.59 Å². The van der Waals surface area contributed by atoms with Gasteiger partial charge in [-0.3, -0.25) is 14.5 Å². The number of amides is 2. The van der Waals surface area contributed by atoms with Gasteiger partial charge in [0.2, 0.25) is 12.7 Å². The molecule has 1 atom stereocenters. The first-order chi connectivity index (χ1) is 15.1. The number of carbonyl (C=O) groups is 2.